The second-order valence-corrected chi connectivity index (χ2v) is 9.08. The number of nitrogens with zero attached hydrogens (tertiary/aromatic N) is 2. The van der Waals surface area contributed by atoms with Gasteiger partial charge in [0.25, 0.3) is 5.91 Å². The summed E-state index contributed by atoms with van der Waals surface area (Å²) in [5.74, 6) is 0.754. The van der Waals surface area contributed by atoms with Crippen LogP contribution < -0.4 is 5.73 Å². The number of phenolic OH excluding ortho intramolecular Hbond substituents is 1. The highest BCUT2D eigenvalue weighted by Crippen LogP contribution is 2.40. The molecule has 6 nitrogen and oxygen atoms in total. The number of furan rings is 1. The van der Waals surface area contributed by atoms with E-state index in [9.17, 15) is 9.90 Å². The third-order valence-corrected chi connectivity index (χ3v) is 6.85. The van der Waals surface area contributed by atoms with Gasteiger partial charge in [-0.2, -0.15) is 0 Å². The van der Waals surface area contributed by atoms with E-state index in [0.717, 1.165) is 55.3 Å². The van der Waals surface area contributed by atoms with Gasteiger partial charge in [0.1, 0.15) is 17.1 Å². The van der Waals surface area contributed by atoms with E-state index in [-0.39, 0.29) is 17.7 Å². The van der Waals surface area contributed by atoms with Gasteiger partial charge in [0.2, 0.25) is 0 Å². The minimum absolute atomic E-state index is 0.0417. The number of carbonyl (C=O) groups is 1. The van der Waals surface area contributed by atoms with Crippen LogP contribution in [0.4, 0.5) is 0 Å². The van der Waals surface area contributed by atoms with Gasteiger partial charge >= 0.3 is 0 Å². The zero-order chi connectivity index (χ0) is 22.1. The van der Waals surface area contributed by atoms with E-state index in [1.54, 1.807) is 12.1 Å². The van der Waals surface area contributed by atoms with Crippen molar-refractivity contribution in [1.82, 2.24) is 9.80 Å². The fourth-order valence-electron chi connectivity index (χ4n) is 5.01. The average Bonchev–Trinajstić information content (AvgIpc) is 3.22. The van der Waals surface area contributed by atoms with Crippen molar-refractivity contribution in [2.24, 2.45) is 5.73 Å². The van der Waals surface area contributed by atoms with Crippen LogP contribution in [0.15, 0.2) is 46.9 Å². The van der Waals surface area contributed by atoms with Crippen molar-refractivity contribution in [2.75, 3.05) is 26.2 Å². The molecule has 168 valence electrons. The number of fused-ring (bicyclic) bond motifs is 1. The van der Waals surface area contributed by atoms with E-state index in [1.165, 1.54) is 6.42 Å². The summed E-state index contributed by atoms with van der Waals surface area (Å²) >= 11 is 0. The minimum Gasteiger partial charge on any atom is -0.508 e. The van der Waals surface area contributed by atoms with Gasteiger partial charge in [-0.3, -0.25) is 9.69 Å². The van der Waals surface area contributed by atoms with Gasteiger partial charge in [-0.15, -0.1) is 0 Å². The van der Waals surface area contributed by atoms with E-state index >= 15 is 0 Å². The number of rotatable bonds is 4. The summed E-state index contributed by atoms with van der Waals surface area (Å²) in [7, 11) is 0. The van der Waals surface area contributed by atoms with E-state index in [2.05, 4.69) is 4.90 Å². The van der Waals surface area contributed by atoms with Crippen LogP contribution in [0.2, 0.25) is 0 Å². The van der Waals surface area contributed by atoms with Crippen LogP contribution in [-0.4, -0.2) is 53.0 Å². The van der Waals surface area contributed by atoms with E-state index < -0.39 is 0 Å². The first-order chi connectivity index (χ1) is 15.6. The maximum absolute atomic E-state index is 13.9. The molecule has 2 aliphatic heterocycles. The monoisotopic (exact) mass is 433 g/mol. The summed E-state index contributed by atoms with van der Waals surface area (Å²) < 4.78 is 6.30. The highest BCUT2D eigenvalue weighted by molar-refractivity contribution is 6.12. The Morgan fingerprint density at radius 2 is 1.72 bits per heavy atom. The van der Waals surface area contributed by atoms with Gasteiger partial charge in [0, 0.05) is 42.2 Å². The lowest BCUT2D eigenvalue weighted by atomic mass is 9.97. The molecule has 2 aliphatic rings. The number of hydrogen-bond donors (Lipinski definition) is 2. The van der Waals surface area contributed by atoms with Crippen LogP contribution in [0.5, 0.6) is 5.75 Å². The Kier molecular flexibility index (Phi) is 5.89. The van der Waals surface area contributed by atoms with Crippen molar-refractivity contribution in [1.29, 1.82) is 0 Å². The predicted octanol–water partition coefficient (Wildman–Crippen LogP) is 4.35. The predicted molar refractivity (Wildman–Crippen MR) is 126 cm³/mol. The molecular weight excluding hydrogens is 402 g/mol. The number of phenols is 1. The molecule has 0 saturated carbocycles. The number of amides is 1. The Bertz CT molecular complexity index is 1090. The number of aromatic hydroxyl groups is 1. The minimum atomic E-state index is -0.0417. The maximum Gasteiger partial charge on any atom is 0.258 e. The summed E-state index contributed by atoms with van der Waals surface area (Å²) in [5.41, 5.74) is 8.93. The first kappa shape index (κ1) is 21.0. The molecule has 1 aromatic heterocycles. The standard InChI is InChI=1S/C26H31N3O3/c27-19-11-15-29(16-12-19)26(31)24-23-20(17-28-13-5-2-6-14-28)21(30)9-10-22(23)32-25(24)18-7-3-1-4-8-18/h1,3-4,7-10,19,30H,2,5-6,11-17,27H2. The molecular formula is C26H31N3O3. The Labute approximate surface area is 188 Å². The number of nitrogens with two attached hydrogens (primary N) is 1. The normalized spacial score (nSPS) is 18.3. The molecule has 2 saturated heterocycles. The molecule has 1 amide bonds. The second kappa shape index (κ2) is 8.96. The molecule has 3 heterocycles. The number of benzene rings is 2. The van der Waals surface area contributed by atoms with Crippen molar-refractivity contribution in [3.8, 4) is 17.1 Å². The smallest absolute Gasteiger partial charge is 0.258 e. The van der Waals surface area contributed by atoms with Gasteiger partial charge in [0.15, 0.2) is 0 Å². The highest BCUT2D eigenvalue weighted by Gasteiger charge is 2.31. The Morgan fingerprint density at radius 3 is 2.44 bits per heavy atom. The van der Waals surface area contributed by atoms with Crippen molar-refractivity contribution in [3.05, 3.63) is 53.6 Å². The quantitative estimate of drug-likeness (QED) is 0.639. The molecule has 5 rings (SSSR count). The first-order valence-electron chi connectivity index (χ1n) is 11.7. The molecule has 6 heteroatoms. The van der Waals surface area contributed by atoms with E-state index in [1.807, 2.05) is 35.2 Å². The van der Waals surface area contributed by atoms with E-state index in [0.29, 0.717) is 36.5 Å². The van der Waals surface area contributed by atoms with Crippen molar-refractivity contribution in [2.45, 2.75) is 44.7 Å². The number of likely N-dealkylation sites (tertiary alicyclic amines) is 2. The van der Waals surface area contributed by atoms with Gasteiger partial charge in [0.05, 0.1) is 5.56 Å². The third kappa shape index (κ3) is 4.00. The van der Waals surface area contributed by atoms with Crippen LogP contribution in [-0.2, 0) is 6.54 Å². The molecule has 2 fully saturated rings. The molecule has 0 spiro atoms. The lowest BCUT2D eigenvalue weighted by molar-refractivity contribution is 0.0716. The lowest BCUT2D eigenvalue weighted by Crippen LogP contribution is -2.43. The molecule has 0 bridgehead atoms. The second-order valence-electron chi connectivity index (χ2n) is 9.08. The van der Waals surface area contributed by atoms with Crippen LogP contribution >= 0.6 is 0 Å². The number of piperidine rings is 2. The average molecular weight is 434 g/mol. The molecule has 0 unspecified atom stereocenters. The van der Waals surface area contributed by atoms with Crippen molar-refractivity contribution < 1.29 is 14.3 Å². The summed E-state index contributed by atoms with van der Waals surface area (Å²) in [5, 5.41) is 11.6. The molecule has 3 N–H and O–H groups in total. The van der Waals surface area contributed by atoms with Gasteiger partial charge in [-0.05, 0) is 50.9 Å². The highest BCUT2D eigenvalue weighted by atomic mass is 16.3. The summed E-state index contributed by atoms with van der Waals surface area (Å²) in [6.07, 6.45) is 5.17. The Morgan fingerprint density at radius 1 is 1.00 bits per heavy atom. The van der Waals surface area contributed by atoms with Crippen LogP contribution in [0.3, 0.4) is 0 Å². The Balaban J connectivity index is 1.65. The largest absolute Gasteiger partial charge is 0.508 e. The zero-order valence-electron chi connectivity index (χ0n) is 18.4. The first-order valence-corrected chi connectivity index (χ1v) is 11.7. The summed E-state index contributed by atoms with van der Waals surface area (Å²) in [4.78, 5) is 18.1. The molecule has 2 aromatic carbocycles. The number of hydrogen-bond acceptors (Lipinski definition) is 5. The number of carbonyl (C=O) groups excluding carboxylic acids is 1. The van der Waals surface area contributed by atoms with Crippen LogP contribution in [0.1, 0.15) is 48.0 Å². The molecule has 0 aliphatic carbocycles. The van der Waals surface area contributed by atoms with Crippen molar-refractivity contribution >= 4 is 16.9 Å². The molecule has 0 atom stereocenters. The molecule has 0 radical (unpaired) electrons. The topological polar surface area (TPSA) is 82.9 Å². The van der Waals surface area contributed by atoms with E-state index in [4.69, 9.17) is 10.2 Å². The van der Waals surface area contributed by atoms with Gasteiger partial charge in [-0.25, -0.2) is 0 Å². The fraction of sp³-hybridized carbons (Fsp3) is 0.423. The van der Waals surface area contributed by atoms with Crippen molar-refractivity contribution in [3.63, 3.8) is 0 Å². The summed E-state index contributed by atoms with van der Waals surface area (Å²) in [6.45, 7) is 3.91. The van der Waals surface area contributed by atoms with Crippen LogP contribution in [0, 0.1) is 0 Å². The molecule has 3 aromatic rings. The third-order valence-electron chi connectivity index (χ3n) is 6.85. The van der Waals surface area contributed by atoms with Gasteiger partial charge < -0.3 is 20.2 Å². The molecule has 32 heavy (non-hydrogen) atoms. The van der Waals surface area contributed by atoms with Crippen LogP contribution in [0.25, 0.3) is 22.3 Å². The maximum atomic E-state index is 13.9. The Hall–Kier alpha value is -2.83. The zero-order valence-corrected chi connectivity index (χ0v) is 18.4. The fourth-order valence-corrected chi connectivity index (χ4v) is 5.01. The van der Waals surface area contributed by atoms with Gasteiger partial charge in [-0.1, -0.05) is 36.8 Å². The summed E-state index contributed by atoms with van der Waals surface area (Å²) in [6, 6.07) is 13.4. The SMILES string of the molecule is NC1CCN(C(=O)c2c(-c3ccccc3)oc3ccc(O)c(CN4CCCCC4)c23)CC1. The lowest BCUT2D eigenvalue weighted by Gasteiger charge is -2.30.